The average Bonchev–Trinajstić information content (AvgIpc) is 3.16. The Hall–Kier alpha value is -2.15. The molecule has 1 aliphatic rings. The molecule has 2 aromatic carbocycles. The molecule has 1 saturated heterocycles. The van der Waals surface area contributed by atoms with Crippen molar-refractivity contribution >= 4 is 17.5 Å². The van der Waals surface area contributed by atoms with Crippen LogP contribution in [0.1, 0.15) is 27.4 Å². The van der Waals surface area contributed by atoms with Gasteiger partial charge in [0, 0.05) is 36.1 Å². The van der Waals surface area contributed by atoms with Crippen molar-refractivity contribution in [3.63, 3.8) is 0 Å². The quantitative estimate of drug-likeness (QED) is 0.764. The zero-order valence-electron chi connectivity index (χ0n) is 13.7. The molecule has 0 radical (unpaired) electrons. The van der Waals surface area contributed by atoms with E-state index < -0.39 is 5.82 Å². The molecule has 1 heterocycles. The molecular formula is C18H19ClFN3O2. The van der Waals surface area contributed by atoms with Crippen LogP contribution in [-0.2, 0) is 6.54 Å². The molecule has 0 unspecified atom stereocenters. The number of ether oxygens (including phenoxy) is 1. The van der Waals surface area contributed by atoms with Crippen molar-refractivity contribution in [1.29, 1.82) is 0 Å². The lowest BCUT2D eigenvalue weighted by molar-refractivity contribution is 0.0950. The van der Waals surface area contributed by atoms with E-state index in [4.69, 9.17) is 16.3 Å². The Labute approximate surface area is 150 Å². The maximum atomic E-state index is 13.3. The minimum Gasteiger partial charge on any atom is -0.496 e. The summed E-state index contributed by atoms with van der Waals surface area (Å²) in [5.41, 5.74) is 8.21. The molecule has 132 valence electrons. The molecule has 5 nitrogen and oxygen atoms in total. The van der Waals surface area contributed by atoms with Crippen molar-refractivity contribution in [2.45, 2.75) is 12.5 Å². The lowest BCUT2D eigenvalue weighted by Crippen LogP contribution is -2.23. The first-order valence-corrected chi connectivity index (χ1v) is 8.32. The predicted molar refractivity (Wildman–Crippen MR) is 94.3 cm³/mol. The first kappa shape index (κ1) is 17.7. The monoisotopic (exact) mass is 363 g/mol. The van der Waals surface area contributed by atoms with Crippen LogP contribution >= 0.6 is 11.6 Å². The van der Waals surface area contributed by atoms with Gasteiger partial charge in [-0.2, -0.15) is 0 Å². The third-order valence-corrected chi connectivity index (χ3v) is 4.57. The summed E-state index contributed by atoms with van der Waals surface area (Å²) in [5, 5.41) is 3.17. The van der Waals surface area contributed by atoms with Gasteiger partial charge in [0.1, 0.15) is 11.6 Å². The van der Waals surface area contributed by atoms with E-state index in [0.717, 1.165) is 18.7 Å². The predicted octanol–water partition coefficient (Wildman–Crippen LogP) is 2.61. The Bertz CT molecular complexity index is 779. The topological polar surface area (TPSA) is 62.4 Å². The SMILES string of the molecule is COc1cc(C(=O)NCc2cc(F)ccc2Cl)ccc1C1CNNC1. The maximum absolute atomic E-state index is 13.3. The molecule has 0 aliphatic carbocycles. The molecule has 0 atom stereocenters. The molecule has 0 aromatic heterocycles. The fraction of sp³-hybridized carbons (Fsp3) is 0.278. The fourth-order valence-electron chi connectivity index (χ4n) is 2.83. The Kier molecular flexibility index (Phi) is 5.53. The van der Waals surface area contributed by atoms with Crippen molar-refractivity contribution in [2.24, 2.45) is 0 Å². The summed E-state index contributed by atoms with van der Waals surface area (Å²) >= 11 is 6.02. The lowest BCUT2D eigenvalue weighted by atomic mass is 9.97. The zero-order valence-corrected chi connectivity index (χ0v) is 14.5. The highest BCUT2D eigenvalue weighted by Crippen LogP contribution is 2.28. The number of rotatable bonds is 5. The number of carbonyl (C=O) groups is 1. The summed E-state index contributed by atoms with van der Waals surface area (Å²) in [6, 6.07) is 9.45. The second-order valence-electron chi connectivity index (χ2n) is 5.83. The van der Waals surface area contributed by atoms with Gasteiger partial charge in [-0.15, -0.1) is 0 Å². The first-order valence-electron chi connectivity index (χ1n) is 7.94. The smallest absolute Gasteiger partial charge is 0.251 e. The molecule has 0 spiro atoms. The standard InChI is InChI=1S/C18H19ClFN3O2/c1-25-17-7-11(2-4-15(17)13-9-22-23-10-13)18(24)21-8-12-6-14(20)3-5-16(12)19/h2-7,13,22-23H,8-10H2,1H3,(H,21,24). The number of methoxy groups -OCH3 is 1. The summed E-state index contributed by atoms with van der Waals surface area (Å²) < 4.78 is 18.7. The van der Waals surface area contributed by atoms with Crippen LogP contribution in [0.3, 0.4) is 0 Å². The molecule has 3 rings (SSSR count). The van der Waals surface area contributed by atoms with E-state index in [2.05, 4.69) is 16.2 Å². The largest absolute Gasteiger partial charge is 0.496 e. The van der Waals surface area contributed by atoms with Crippen LogP contribution in [0.15, 0.2) is 36.4 Å². The van der Waals surface area contributed by atoms with Crippen molar-refractivity contribution in [1.82, 2.24) is 16.2 Å². The highest BCUT2D eigenvalue weighted by atomic mass is 35.5. The number of hydrazine groups is 1. The van der Waals surface area contributed by atoms with Crippen LogP contribution in [0.5, 0.6) is 5.75 Å². The molecule has 1 fully saturated rings. The van der Waals surface area contributed by atoms with Crippen molar-refractivity contribution in [2.75, 3.05) is 20.2 Å². The number of amides is 1. The minimum atomic E-state index is -0.390. The lowest BCUT2D eigenvalue weighted by Gasteiger charge is -2.15. The van der Waals surface area contributed by atoms with E-state index >= 15 is 0 Å². The third-order valence-electron chi connectivity index (χ3n) is 4.20. The van der Waals surface area contributed by atoms with Crippen molar-refractivity contribution in [3.05, 3.63) is 63.9 Å². The Morgan fingerprint density at radius 1 is 1.28 bits per heavy atom. The third kappa shape index (κ3) is 4.10. The van der Waals surface area contributed by atoms with Gasteiger partial charge >= 0.3 is 0 Å². The van der Waals surface area contributed by atoms with Gasteiger partial charge in [-0.05, 0) is 41.5 Å². The number of hydrogen-bond acceptors (Lipinski definition) is 4. The van der Waals surface area contributed by atoms with Gasteiger partial charge in [-0.3, -0.25) is 15.6 Å². The summed E-state index contributed by atoms with van der Waals surface area (Å²) in [6.45, 7) is 1.76. The zero-order chi connectivity index (χ0) is 17.8. The second-order valence-corrected chi connectivity index (χ2v) is 6.24. The van der Waals surface area contributed by atoms with Gasteiger partial charge in [0.25, 0.3) is 5.91 Å². The van der Waals surface area contributed by atoms with Crippen LogP contribution in [0, 0.1) is 5.82 Å². The molecule has 7 heteroatoms. The van der Waals surface area contributed by atoms with Gasteiger partial charge in [-0.1, -0.05) is 17.7 Å². The van der Waals surface area contributed by atoms with Crippen molar-refractivity contribution < 1.29 is 13.9 Å². The van der Waals surface area contributed by atoms with Crippen LogP contribution in [0.4, 0.5) is 4.39 Å². The van der Waals surface area contributed by atoms with Gasteiger partial charge in [-0.25, -0.2) is 4.39 Å². The van der Waals surface area contributed by atoms with Crippen LogP contribution in [-0.4, -0.2) is 26.1 Å². The number of nitrogens with one attached hydrogen (secondary N) is 3. The molecule has 0 bridgehead atoms. The minimum absolute atomic E-state index is 0.149. The van der Waals surface area contributed by atoms with E-state index in [0.29, 0.717) is 21.9 Å². The number of hydrogen-bond donors (Lipinski definition) is 3. The summed E-state index contributed by atoms with van der Waals surface area (Å²) in [6.07, 6.45) is 0. The van der Waals surface area contributed by atoms with Crippen LogP contribution in [0.2, 0.25) is 5.02 Å². The Balaban J connectivity index is 1.72. The molecule has 1 aliphatic heterocycles. The fourth-order valence-corrected chi connectivity index (χ4v) is 3.01. The molecular weight excluding hydrogens is 345 g/mol. The normalized spacial score (nSPS) is 14.5. The van der Waals surface area contributed by atoms with Crippen LogP contribution < -0.4 is 20.9 Å². The molecule has 3 N–H and O–H groups in total. The molecule has 1 amide bonds. The van der Waals surface area contributed by atoms with E-state index in [9.17, 15) is 9.18 Å². The van der Waals surface area contributed by atoms with E-state index in [1.54, 1.807) is 19.2 Å². The van der Waals surface area contributed by atoms with Crippen LogP contribution in [0.25, 0.3) is 0 Å². The summed E-state index contributed by atoms with van der Waals surface area (Å²) in [4.78, 5) is 12.4. The second kappa shape index (κ2) is 7.82. The maximum Gasteiger partial charge on any atom is 0.251 e. The van der Waals surface area contributed by atoms with Gasteiger partial charge in [0.15, 0.2) is 0 Å². The van der Waals surface area contributed by atoms with Gasteiger partial charge in [0.05, 0.1) is 7.11 Å². The number of benzene rings is 2. The van der Waals surface area contributed by atoms with E-state index in [-0.39, 0.29) is 18.4 Å². The number of halogens is 2. The molecule has 25 heavy (non-hydrogen) atoms. The molecule has 0 saturated carbocycles. The van der Waals surface area contributed by atoms with E-state index in [1.165, 1.54) is 18.2 Å². The average molecular weight is 364 g/mol. The van der Waals surface area contributed by atoms with Gasteiger partial charge < -0.3 is 10.1 Å². The highest BCUT2D eigenvalue weighted by molar-refractivity contribution is 6.31. The van der Waals surface area contributed by atoms with Crippen molar-refractivity contribution in [3.8, 4) is 5.75 Å². The first-order chi connectivity index (χ1) is 12.1. The number of carbonyl (C=O) groups excluding carboxylic acids is 1. The summed E-state index contributed by atoms with van der Waals surface area (Å²) in [7, 11) is 1.59. The van der Waals surface area contributed by atoms with E-state index in [1.807, 2.05) is 6.07 Å². The Morgan fingerprint density at radius 2 is 2.04 bits per heavy atom. The van der Waals surface area contributed by atoms with Gasteiger partial charge in [0.2, 0.25) is 0 Å². The molecule has 2 aromatic rings. The Morgan fingerprint density at radius 3 is 2.76 bits per heavy atom. The summed E-state index contributed by atoms with van der Waals surface area (Å²) in [5.74, 6) is 0.302. The highest BCUT2D eigenvalue weighted by Gasteiger charge is 2.21.